The number of rotatable bonds is 5. The van der Waals surface area contributed by atoms with E-state index in [0.717, 1.165) is 12.5 Å². The minimum absolute atomic E-state index is 0.116. The van der Waals surface area contributed by atoms with E-state index in [4.69, 9.17) is 4.74 Å². The normalized spacial score (nSPS) is 11.5. The van der Waals surface area contributed by atoms with Crippen molar-refractivity contribution in [3.8, 4) is 0 Å². The summed E-state index contributed by atoms with van der Waals surface area (Å²) in [5.41, 5.74) is 1.01. The fraction of sp³-hybridized carbons (Fsp3) is 0.455. The van der Waals surface area contributed by atoms with Crippen molar-refractivity contribution in [1.29, 1.82) is 0 Å². The van der Waals surface area contributed by atoms with Gasteiger partial charge in [-0.1, -0.05) is 11.6 Å². The molecule has 0 aliphatic heterocycles. The molecule has 0 bridgehead atoms. The average Bonchev–Trinajstić information content (AvgIpc) is 2.15. The molecule has 0 heterocycles. The first-order valence-corrected chi connectivity index (χ1v) is 4.99. The number of aryl methyl sites for hydroxylation is 1. The van der Waals surface area contributed by atoms with Gasteiger partial charge in [-0.2, -0.15) is 0 Å². The molecule has 0 N–H and O–H groups in total. The van der Waals surface area contributed by atoms with Gasteiger partial charge in [0.2, 0.25) is 0 Å². The quantitative estimate of drug-likeness (QED) is 0.591. The first-order chi connectivity index (χ1) is 7.79. The molecule has 0 aliphatic rings. The summed E-state index contributed by atoms with van der Waals surface area (Å²) in [5, 5.41) is 10.7. The molecule has 0 aliphatic carbocycles. The van der Waals surface area contributed by atoms with Crippen LogP contribution in [-0.4, -0.2) is 17.5 Å². The van der Waals surface area contributed by atoms with Crippen LogP contribution >= 0.6 is 0 Å². The van der Waals surface area contributed by atoms with Crippen LogP contribution in [0.2, 0.25) is 0 Å². The number of hydrogen-bond donors (Lipinski definition) is 0. The van der Waals surface area contributed by atoms with Crippen molar-refractivity contribution in [1.82, 2.24) is 0 Å². The molecule has 6 heteroatoms. The monoisotopic (exact) mass is 245 g/mol. The third kappa shape index (κ3) is 4.44. The lowest BCUT2D eigenvalue weighted by molar-refractivity contribution is -0.386. The molecule has 94 valence electrons. The number of alkyl halides is 2. The Morgan fingerprint density at radius 1 is 1.47 bits per heavy atom. The fourth-order valence-corrected chi connectivity index (χ4v) is 1.35. The highest BCUT2D eigenvalue weighted by molar-refractivity contribution is 5.42. The van der Waals surface area contributed by atoms with E-state index in [1.807, 2.05) is 0 Å². The molecule has 0 amide bonds. The molecule has 4 nitrogen and oxygen atoms in total. The molecule has 1 rings (SSSR count). The van der Waals surface area contributed by atoms with Crippen LogP contribution in [0.15, 0.2) is 18.2 Å². The van der Waals surface area contributed by atoms with Gasteiger partial charge in [0, 0.05) is 13.0 Å². The number of nitro groups is 1. The predicted octanol–water partition coefficient (Wildman–Crippen LogP) is 3.08. The Labute approximate surface area is 97.4 Å². The summed E-state index contributed by atoms with van der Waals surface area (Å²) < 4.78 is 29.8. The Morgan fingerprint density at radius 3 is 2.65 bits per heavy atom. The van der Waals surface area contributed by atoms with Gasteiger partial charge in [0.05, 0.1) is 17.1 Å². The van der Waals surface area contributed by atoms with Crippen molar-refractivity contribution in [3.63, 3.8) is 0 Å². The van der Waals surface area contributed by atoms with Crippen LogP contribution in [-0.2, 0) is 11.3 Å². The Kier molecular flexibility index (Phi) is 4.11. The largest absolute Gasteiger partial charge is 0.370 e. The lowest BCUT2D eigenvalue weighted by Gasteiger charge is -2.11. The van der Waals surface area contributed by atoms with Crippen molar-refractivity contribution in [2.75, 3.05) is 6.61 Å². The molecule has 0 saturated carbocycles. The Balaban J connectivity index is 2.75. The fourth-order valence-electron chi connectivity index (χ4n) is 1.35. The maximum absolute atomic E-state index is 12.5. The number of halogens is 2. The van der Waals surface area contributed by atoms with Crippen LogP contribution in [0.25, 0.3) is 0 Å². The lowest BCUT2D eigenvalue weighted by atomic mass is 10.1. The summed E-state index contributed by atoms with van der Waals surface area (Å²) in [6, 6.07) is 4.50. The molecule has 1 aromatic rings. The maximum Gasteiger partial charge on any atom is 0.274 e. The minimum Gasteiger partial charge on any atom is -0.370 e. The Hall–Kier alpha value is -1.56. The topological polar surface area (TPSA) is 52.4 Å². The molecule has 0 saturated heterocycles. The van der Waals surface area contributed by atoms with Crippen molar-refractivity contribution in [2.45, 2.75) is 26.4 Å². The molecule has 0 fully saturated rings. The second-order valence-corrected chi connectivity index (χ2v) is 3.95. The van der Waals surface area contributed by atoms with Gasteiger partial charge in [0.1, 0.15) is 6.61 Å². The van der Waals surface area contributed by atoms with Crippen LogP contribution in [0.5, 0.6) is 0 Å². The van der Waals surface area contributed by atoms with Crippen LogP contribution in [0, 0.1) is 17.0 Å². The molecule has 1 aromatic carbocycles. The number of hydrogen-bond acceptors (Lipinski definition) is 3. The molecule has 0 spiro atoms. The highest BCUT2D eigenvalue weighted by atomic mass is 19.3. The molecule has 0 aromatic heterocycles. The summed E-state index contributed by atoms with van der Waals surface area (Å²) in [6.45, 7) is 1.55. The van der Waals surface area contributed by atoms with E-state index in [1.165, 1.54) is 6.07 Å². The van der Waals surface area contributed by atoms with E-state index in [0.29, 0.717) is 5.56 Å². The first kappa shape index (κ1) is 13.5. The molecule has 0 atom stereocenters. The second-order valence-electron chi connectivity index (χ2n) is 3.95. The van der Waals surface area contributed by atoms with Gasteiger partial charge in [-0.15, -0.1) is 0 Å². The van der Waals surface area contributed by atoms with E-state index in [-0.39, 0.29) is 12.3 Å². The van der Waals surface area contributed by atoms with Gasteiger partial charge in [-0.3, -0.25) is 10.1 Å². The van der Waals surface area contributed by atoms with Crippen LogP contribution < -0.4 is 0 Å². The third-order valence-corrected chi connectivity index (χ3v) is 2.04. The summed E-state index contributed by atoms with van der Waals surface area (Å²) in [7, 11) is 0. The minimum atomic E-state index is -2.93. The van der Waals surface area contributed by atoms with Gasteiger partial charge in [-0.05, 0) is 13.0 Å². The van der Waals surface area contributed by atoms with Gasteiger partial charge in [0.25, 0.3) is 11.6 Å². The Bertz CT molecular complexity index is 416. The standard InChI is InChI=1S/C11H13F2NO3/c1-8-3-4-10(14(15)16)9(5-8)6-17-7-11(2,12)13/h3-5H,6-7H2,1-2H3. The van der Waals surface area contributed by atoms with Crippen molar-refractivity contribution < 1.29 is 18.4 Å². The highest BCUT2D eigenvalue weighted by Crippen LogP contribution is 2.21. The number of ether oxygens (including phenoxy) is 1. The number of nitro benzene ring substituents is 1. The van der Waals surface area contributed by atoms with E-state index < -0.39 is 17.5 Å². The zero-order valence-electron chi connectivity index (χ0n) is 9.57. The first-order valence-electron chi connectivity index (χ1n) is 4.99. The summed E-state index contributed by atoms with van der Waals surface area (Å²) >= 11 is 0. The van der Waals surface area contributed by atoms with Crippen LogP contribution in [0.4, 0.5) is 14.5 Å². The van der Waals surface area contributed by atoms with E-state index in [1.54, 1.807) is 19.1 Å². The van der Waals surface area contributed by atoms with Gasteiger partial charge in [-0.25, -0.2) is 8.78 Å². The van der Waals surface area contributed by atoms with Crippen molar-refractivity contribution >= 4 is 5.69 Å². The van der Waals surface area contributed by atoms with Crippen molar-refractivity contribution in [3.05, 3.63) is 39.4 Å². The van der Waals surface area contributed by atoms with E-state index >= 15 is 0 Å². The number of nitrogens with zero attached hydrogens (tertiary/aromatic N) is 1. The van der Waals surface area contributed by atoms with Gasteiger partial charge < -0.3 is 4.74 Å². The zero-order chi connectivity index (χ0) is 13.1. The summed E-state index contributed by atoms with van der Waals surface area (Å²) in [6.07, 6.45) is 0. The molecule has 0 unspecified atom stereocenters. The third-order valence-electron chi connectivity index (χ3n) is 2.04. The van der Waals surface area contributed by atoms with Gasteiger partial charge >= 0.3 is 0 Å². The van der Waals surface area contributed by atoms with Gasteiger partial charge in [0.15, 0.2) is 0 Å². The SMILES string of the molecule is Cc1ccc([N+](=O)[O-])c(COCC(C)(F)F)c1. The Morgan fingerprint density at radius 2 is 2.12 bits per heavy atom. The number of benzene rings is 1. The van der Waals surface area contributed by atoms with E-state index in [9.17, 15) is 18.9 Å². The molecular weight excluding hydrogens is 232 g/mol. The van der Waals surface area contributed by atoms with Crippen LogP contribution in [0.3, 0.4) is 0 Å². The summed E-state index contributed by atoms with van der Waals surface area (Å²) in [4.78, 5) is 10.1. The average molecular weight is 245 g/mol. The second kappa shape index (κ2) is 5.18. The van der Waals surface area contributed by atoms with E-state index in [2.05, 4.69) is 0 Å². The molecule has 0 radical (unpaired) electrons. The molecule has 17 heavy (non-hydrogen) atoms. The smallest absolute Gasteiger partial charge is 0.274 e. The van der Waals surface area contributed by atoms with Crippen molar-refractivity contribution in [2.24, 2.45) is 0 Å². The van der Waals surface area contributed by atoms with Crippen LogP contribution in [0.1, 0.15) is 18.1 Å². The predicted molar refractivity (Wildman–Crippen MR) is 58.1 cm³/mol. The lowest BCUT2D eigenvalue weighted by Crippen LogP contribution is -2.18. The molecular formula is C11H13F2NO3. The zero-order valence-corrected chi connectivity index (χ0v) is 9.57. The highest BCUT2D eigenvalue weighted by Gasteiger charge is 2.22. The maximum atomic E-state index is 12.5. The summed E-state index contributed by atoms with van der Waals surface area (Å²) in [5.74, 6) is -2.93.